The van der Waals surface area contributed by atoms with Crippen molar-refractivity contribution in [1.29, 1.82) is 0 Å². The first kappa shape index (κ1) is 29.7. The molecule has 2 fully saturated rings. The summed E-state index contributed by atoms with van der Waals surface area (Å²) in [4.78, 5) is 12.2. The van der Waals surface area contributed by atoms with Crippen LogP contribution in [0, 0.1) is 11.8 Å². The lowest BCUT2D eigenvalue weighted by atomic mass is 9.72. The minimum atomic E-state index is 0.0492. The fraction of sp³-hybridized carbons (Fsp3) is 0.968. The maximum absolute atomic E-state index is 12.2. The Balaban J connectivity index is 1.44. The molecular formula is C31H58O3. The first-order valence-corrected chi connectivity index (χ1v) is 15.5. The molecule has 34 heavy (non-hydrogen) atoms. The zero-order valence-corrected chi connectivity index (χ0v) is 23.0. The second kappa shape index (κ2) is 19.6. The third-order valence-corrected chi connectivity index (χ3v) is 8.49. The van der Waals surface area contributed by atoms with Crippen molar-refractivity contribution in [2.24, 2.45) is 11.8 Å². The Labute approximate surface area is 212 Å². The molecule has 0 unspecified atom stereocenters. The number of ether oxygens (including phenoxy) is 2. The van der Waals surface area contributed by atoms with Crippen LogP contribution in [0.2, 0.25) is 0 Å². The van der Waals surface area contributed by atoms with E-state index in [2.05, 4.69) is 13.8 Å². The highest BCUT2D eigenvalue weighted by Crippen LogP contribution is 2.39. The molecule has 2 rings (SSSR count). The molecule has 2 saturated carbocycles. The van der Waals surface area contributed by atoms with Crippen LogP contribution in [0.4, 0.5) is 0 Å². The zero-order valence-electron chi connectivity index (χ0n) is 23.0. The standard InChI is InChI=1S/C31H58O3/c1-3-5-7-9-11-12-14-16-26-33-29-22-18-27(19-23-29)28-20-24-30(25-21-28)34-31(32)17-15-13-10-8-6-4-2/h27-30H,3-26H2,1-2H3. The number of carbonyl (C=O) groups is 1. The van der Waals surface area contributed by atoms with E-state index in [9.17, 15) is 4.79 Å². The smallest absolute Gasteiger partial charge is 0.306 e. The third-order valence-electron chi connectivity index (χ3n) is 8.49. The van der Waals surface area contributed by atoms with Crippen molar-refractivity contribution in [1.82, 2.24) is 0 Å². The topological polar surface area (TPSA) is 35.5 Å². The molecule has 2 aliphatic carbocycles. The molecule has 0 aliphatic heterocycles. The van der Waals surface area contributed by atoms with Gasteiger partial charge in [-0.2, -0.15) is 0 Å². The second-order valence-electron chi connectivity index (χ2n) is 11.4. The summed E-state index contributed by atoms with van der Waals surface area (Å²) in [7, 11) is 0. The van der Waals surface area contributed by atoms with Gasteiger partial charge in [0.2, 0.25) is 0 Å². The van der Waals surface area contributed by atoms with Crippen LogP contribution in [-0.2, 0) is 14.3 Å². The Morgan fingerprint density at radius 1 is 0.559 bits per heavy atom. The number of hydrogen-bond donors (Lipinski definition) is 0. The van der Waals surface area contributed by atoms with Crippen LogP contribution >= 0.6 is 0 Å². The summed E-state index contributed by atoms with van der Waals surface area (Å²) in [5.41, 5.74) is 0. The minimum Gasteiger partial charge on any atom is -0.462 e. The molecule has 0 aromatic heterocycles. The Kier molecular flexibility index (Phi) is 17.1. The second-order valence-corrected chi connectivity index (χ2v) is 11.4. The van der Waals surface area contributed by atoms with Crippen LogP contribution in [0.15, 0.2) is 0 Å². The lowest BCUT2D eigenvalue weighted by Crippen LogP contribution is -2.31. The molecule has 2 aliphatic rings. The fourth-order valence-corrected chi connectivity index (χ4v) is 6.18. The Morgan fingerprint density at radius 3 is 1.53 bits per heavy atom. The average Bonchev–Trinajstić information content (AvgIpc) is 2.86. The van der Waals surface area contributed by atoms with E-state index in [0.29, 0.717) is 12.5 Å². The molecule has 0 saturated heterocycles. The monoisotopic (exact) mass is 478 g/mol. The molecule has 0 aromatic carbocycles. The van der Waals surface area contributed by atoms with E-state index >= 15 is 0 Å². The minimum absolute atomic E-state index is 0.0492. The summed E-state index contributed by atoms with van der Waals surface area (Å²) in [5, 5.41) is 0. The lowest BCUT2D eigenvalue weighted by Gasteiger charge is -2.37. The van der Waals surface area contributed by atoms with Gasteiger partial charge >= 0.3 is 5.97 Å². The highest BCUT2D eigenvalue weighted by molar-refractivity contribution is 5.69. The van der Waals surface area contributed by atoms with E-state index in [4.69, 9.17) is 9.47 Å². The predicted molar refractivity (Wildman–Crippen MR) is 144 cm³/mol. The van der Waals surface area contributed by atoms with E-state index in [1.54, 1.807) is 0 Å². The molecule has 0 bridgehead atoms. The summed E-state index contributed by atoms with van der Waals surface area (Å²) in [6.07, 6.45) is 29.5. The first-order valence-electron chi connectivity index (χ1n) is 15.5. The van der Waals surface area contributed by atoms with Crippen molar-refractivity contribution >= 4 is 5.97 Å². The quantitative estimate of drug-likeness (QED) is 0.137. The number of unbranched alkanes of at least 4 members (excludes halogenated alkanes) is 12. The van der Waals surface area contributed by atoms with Gasteiger partial charge in [0.1, 0.15) is 6.10 Å². The summed E-state index contributed by atoms with van der Waals surface area (Å²) in [6.45, 7) is 5.50. The van der Waals surface area contributed by atoms with E-state index < -0.39 is 0 Å². The van der Waals surface area contributed by atoms with Gasteiger partial charge in [0, 0.05) is 13.0 Å². The molecule has 0 aromatic rings. The SMILES string of the molecule is CCCCCCCCCCOC1CCC(C2CCC(OC(=O)CCCCCCCC)CC2)CC1. The van der Waals surface area contributed by atoms with Gasteiger partial charge in [-0.1, -0.05) is 90.9 Å². The van der Waals surface area contributed by atoms with Crippen LogP contribution in [0.1, 0.15) is 162 Å². The predicted octanol–water partition coefficient (Wildman–Crippen LogP) is 9.56. The average molecular weight is 479 g/mol. The highest BCUT2D eigenvalue weighted by Gasteiger charge is 2.32. The molecule has 200 valence electrons. The van der Waals surface area contributed by atoms with Gasteiger partial charge in [0.25, 0.3) is 0 Å². The van der Waals surface area contributed by atoms with Crippen molar-refractivity contribution < 1.29 is 14.3 Å². The summed E-state index contributed by atoms with van der Waals surface area (Å²) >= 11 is 0. The van der Waals surface area contributed by atoms with Gasteiger partial charge in [-0.3, -0.25) is 4.79 Å². The summed E-state index contributed by atoms with van der Waals surface area (Å²) in [5.74, 6) is 1.78. The Hall–Kier alpha value is -0.570. The van der Waals surface area contributed by atoms with Gasteiger partial charge in [0.15, 0.2) is 0 Å². The molecule has 0 radical (unpaired) electrons. The van der Waals surface area contributed by atoms with Crippen LogP contribution in [0.3, 0.4) is 0 Å². The van der Waals surface area contributed by atoms with Gasteiger partial charge in [-0.15, -0.1) is 0 Å². The van der Waals surface area contributed by atoms with Crippen molar-refractivity contribution in [3.63, 3.8) is 0 Å². The molecule has 0 heterocycles. The summed E-state index contributed by atoms with van der Waals surface area (Å²) in [6, 6.07) is 0. The van der Waals surface area contributed by atoms with E-state index in [0.717, 1.165) is 37.7 Å². The molecule has 0 atom stereocenters. The van der Waals surface area contributed by atoms with Crippen LogP contribution < -0.4 is 0 Å². The van der Waals surface area contributed by atoms with Crippen molar-refractivity contribution in [2.45, 2.75) is 174 Å². The molecule has 0 spiro atoms. The molecule has 3 nitrogen and oxygen atoms in total. The van der Waals surface area contributed by atoms with Crippen molar-refractivity contribution in [3.8, 4) is 0 Å². The van der Waals surface area contributed by atoms with Crippen LogP contribution in [0.25, 0.3) is 0 Å². The molecular weight excluding hydrogens is 420 g/mol. The zero-order chi connectivity index (χ0) is 24.3. The van der Waals surface area contributed by atoms with Gasteiger partial charge < -0.3 is 9.47 Å². The van der Waals surface area contributed by atoms with Crippen molar-refractivity contribution in [3.05, 3.63) is 0 Å². The van der Waals surface area contributed by atoms with Gasteiger partial charge in [-0.05, 0) is 76.0 Å². The van der Waals surface area contributed by atoms with E-state index in [-0.39, 0.29) is 12.1 Å². The largest absolute Gasteiger partial charge is 0.462 e. The first-order chi connectivity index (χ1) is 16.7. The van der Waals surface area contributed by atoms with Crippen LogP contribution in [0.5, 0.6) is 0 Å². The van der Waals surface area contributed by atoms with Crippen LogP contribution in [-0.4, -0.2) is 24.8 Å². The summed E-state index contributed by atoms with van der Waals surface area (Å²) < 4.78 is 12.0. The fourth-order valence-electron chi connectivity index (χ4n) is 6.18. The number of carbonyl (C=O) groups excluding carboxylic acids is 1. The van der Waals surface area contributed by atoms with E-state index in [1.807, 2.05) is 0 Å². The molecule has 3 heteroatoms. The number of rotatable bonds is 19. The molecule has 0 amide bonds. The lowest BCUT2D eigenvalue weighted by molar-refractivity contribution is -0.151. The Bertz CT molecular complexity index is 475. The molecule has 0 N–H and O–H groups in total. The number of esters is 1. The maximum Gasteiger partial charge on any atom is 0.306 e. The Morgan fingerprint density at radius 2 is 1.00 bits per heavy atom. The number of hydrogen-bond acceptors (Lipinski definition) is 3. The van der Waals surface area contributed by atoms with Gasteiger partial charge in [0.05, 0.1) is 6.10 Å². The van der Waals surface area contributed by atoms with Crippen molar-refractivity contribution in [2.75, 3.05) is 6.61 Å². The normalized spacial score (nSPS) is 25.4. The third kappa shape index (κ3) is 13.5. The van der Waals surface area contributed by atoms with Gasteiger partial charge in [-0.25, -0.2) is 0 Å². The van der Waals surface area contributed by atoms with E-state index in [1.165, 1.54) is 122 Å². The highest BCUT2D eigenvalue weighted by atomic mass is 16.5. The maximum atomic E-state index is 12.2.